The van der Waals surface area contributed by atoms with Crippen LogP contribution in [0.4, 0.5) is 0 Å². The van der Waals surface area contributed by atoms with Crippen LogP contribution >= 0.6 is 0 Å². The van der Waals surface area contributed by atoms with Crippen LogP contribution in [-0.4, -0.2) is 37.2 Å². The van der Waals surface area contributed by atoms with Crippen LogP contribution in [0, 0.1) is 11.8 Å². The van der Waals surface area contributed by atoms with Crippen LogP contribution in [-0.2, 0) is 28.6 Å². The van der Waals surface area contributed by atoms with Gasteiger partial charge in [-0.05, 0) is 31.1 Å². The van der Waals surface area contributed by atoms with Gasteiger partial charge in [0.2, 0.25) is 0 Å². The number of carbonyl (C=O) groups is 3. The van der Waals surface area contributed by atoms with Gasteiger partial charge in [0.05, 0.1) is 0 Å². The van der Waals surface area contributed by atoms with Crippen molar-refractivity contribution in [2.75, 3.05) is 13.2 Å². The van der Waals surface area contributed by atoms with Gasteiger partial charge in [-0.1, -0.05) is 227 Å². The minimum atomic E-state index is -0.759. The third-order valence-electron chi connectivity index (χ3n) is 11.0. The third kappa shape index (κ3) is 43.4. The minimum Gasteiger partial charge on any atom is -0.462 e. The maximum absolute atomic E-state index is 12.7. The molecule has 6 heteroatoms. The van der Waals surface area contributed by atoms with E-state index in [0.29, 0.717) is 19.3 Å². The zero-order valence-electron chi connectivity index (χ0n) is 37.6. The summed E-state index contributed by atoms with van der Waals surface area (Å²) in [4.78, 5) is 37.5. The highest BCUT2D eigenvalue weighted by Gasteiger charge is 2.19. The zero-order valence-corrected chi connectivity index (χ0v) is 37.6. The molecule has 0 aliphatic carbocycles. The summed E-state index contributed by atoms with van der Waals surface area (Å²) in [6.45, 7) is 11.3. The molecule has 0 fully saturated rings. The van der Waals surface area contributed by atoms with Crippen molar-refractivity contribution in [1.29, 1.82) is 0 Å². The van der Waals surface area contributed by atoms with Crippen LogP contribution in [0.1, 0.15) is 266 Å². The molecule has 0 spiro atoms. The Balaban J connectivity index is 4.11. The monoisotopic (exact) mass is 779 g/mol. The van der Waals surface area contributed by atoms with Gasteiger partial charge >= 0.3 is 17.9 Å². The van der Waals surface area contributed by atoms with Crippen molar-refractivity contribution in [2.24, 2.45) is 11.8 Å². The number of rotatable bonds is 43. The Hall–Kier alpha value is -1.59. The molecular weight excluding hydrogens is 685 g/mol. The molecule has 326 valence electrons. The Morgan fingerprint density at radius 2 is 0.600 bits per heavy atom. The summed E-state index contributed by atoms with van der Waals surface area (Å²) in [6, 6.07) is 0. The first-order valence-electron chi connectivity index (χ1n) is 24.2. The quantitative estimate of drug-likeness (QED) is 0.0348. The molecule has 0 amide bonds. The van der Waals surface area contributed by atoms with Gasteiger partial charge in [-0.25, -0.2) is 0 Å². The van der Waals surface area contributed by atoms with Gasteiger partial charge in [0.15, 0.2) is 6.10 Å². The van der Waals surface area contributed by atoms with Gasteiger partial charge in [0, 0.05) is 19.3 Å². The molecule has 0 radical (unpaired) electrons. The molecule has 0 unspecified atom stereocenters. The van der Waals surface area contributed by atoms with Crippen molar-refractivity contribution in [3.05, 3.63) is 0 Å². The maximum Gasteiger partial charge on any atom is 0.306 e. The Morgan fingerprint density at radius 1 is 0.345 bits per heavy atom. The molecule has 0 saturated carbocycles. The molecule has 0 aromatic heterocycles. The van der Waals surface area contributed by atoms with E-state index in [0.717, 1.165) is 76.0 Å². The van der Waals surface area contributed by atoms with Gasteiger partial charge in [-0.2, -0.15) is 0 Å². The van der Waals surface area contributed by atoms with Crippen molar-refractivity contribution < 1.29 is 28.6 Å². The molecule has 0 N–H and O–H groups in total. The Bertz CT molecular complexity index is 839. The van der Waals surface area contributed by atoms with Crippen LogP contribution < -0.4 is 0 Å². The molecule has 0 saturated heterocycles. The van der Waals surface area contributed by atoms with E-state index in [9.17, 15) is 14.4 Å². The van der Waals surface area contributed by atoms with Crippen LogP contribution in [0.3, 0.4) is 0 Å². The number of hydrogen-bond acceptors (Lipinski definition) is 6. The molecule has 6 nitrogen and oxygen atoms in total. The van der Waals surface area contributed by atoms with Crippen LogP contribution in [0.25, 0.3) is 0 Å². The molecular formula is C49H94O6. The first-order chi connectivity index (χ1) is 26.7. The maximum atomic E-state index is 12.7. The Labute approximate surface area is 342 Å². The smallest absolute Gasteiger partial charge is 0.306 e. The largest absolute Gasteiger partial charge is 0.462 e. The normalized spacial score (nSPS) is 12.1. The molecule has 0 aromatic carbocycles. The average Bonchev–Trinajstić information content (AvgIpc) is 3.15. The van der Waals surface area contributed by atoms with Crippen molar-refractivity contribution in [2.45, 2.75) is 272 Å². The highest BCUT2D eigenvalue weighted by atomic mass is 16.6. The molecule has 0 aromatic rings. The van der Waals surface area contributed by atoms with E-state index in [-0.39, 0.29) is 31.1 Å². The lowest BCUT2D eigenvalue weighted by Gasteiger charge is -2.18. The summed E-state index contributed by atoms with van der Waals surface area (Å²) in [6.07, 6.45) is 41.2. The first-order valence-corrected chi connectivity index (χ1v) is 24.2. The number of ether oxygens (including phenoxy) is 3. The zero-order chi connectivity index (χ0) is 40.5. The third-order valence-corrected chi connectivity index (χ3v) is 11.0. The molecule has 0 rings (SSSR count). The van der Waals surface area contributed by atoms with Crippen molar-refractivity contribution in [3.63, 3.8) is 0 Å². The highest BCUT2D eigenvalue weighted by Crippen LogP contribution is 2.17. The van der Waals surface area contributed by atoms with Crippen LogP contribution in [0.2, 0.25) is 0 Å². The summed E-state index contributed by atoms with van der Waals surface area (Å²) in [7, 11) is 0. The second-order valence-corrected chi connectivity index (χ2v) is 17.7. The van der Waals surface area contributed by atoms with Gasteiger partial charge in [0.25, 0.3) is 0 Å². The number of carbonyl (C=O) groups excluding carboxylic acids is 3. The summed E-state index contributed by atoms with van der Waals surface area (Å²) in [5, 5.41) is 0. The molecule has 0 aliphatic rings. The average molecular weight is 779 g/mol. The first kappa shape index (κ1) is 53.4. The van der Waals surface area contributed by atoms with Gasteiger partial charge in [-0.15, -0.1) is 0 Å². The number of hydrogen-bond donors (Lipinski definition) is 0. The second kappa shape index (κ2) is 42.0. The van der Waals surface area contributed by atoms with E-state index in [1.54, 1.807) is 0 Å². The molecule has 0 heterocycles. The van der Waals surface area contributed by atoms with E-state index in [2.05, 4.69) is 34.6 Å². The topological polar surface area (TPSA) is 78.9 Å². The standard InChI is InChI=1S/C49H94O6/c1-6-7-8-27-34-39-47(50)53-42-46(55-49(52)41-36-31-26-22-18-17-20-24-29-33-38-45(4)5)43-54-48(51)40-35-30-25-21-16-14-12-10-9-11-13-15-19-23-28-32-37-44(2)3/h44-46H,6-43H2,1-5H3/t46-/m0/s1. The predicted molar refractivity (Wildman–Crippen MR) is 233 cm³/mol. The molecule has 55 heavy (non-hydrogen) atoms. The van der Waals surface area contributed by atoms with E-state index in [1.165, 1.54) is 148 Å². The number of esters is 3. The fourth-order valence-corrected chi connectivity index (χ4v) is 7.28. The summed E-state index contributed by atoms with van der Waals surface area (Å²) in [5.74, 6) is 0.802. The predicted octanol–water partition coefficient (Wildman–Crippen LogP) is 15.4. The minimum absolute atomic E-state index is 0.0652. The van der Waals surface area contributed by atoms with E-state index >= 15 is 0 Å². The van der Waals surface area contributed by atoms with Gasteiger partial charge in [0.1, 0.15) is 13.2 Å². The lowest BCUT2D eigenvalue weighted by atomic mass is 10.0. The fraction of sp³-hybridized carbons (Fsp3) is 0.939. The van der Waals surface area contributed by atoms with Gasteiger partial charge in [-0.3, -0.25) is 14.4 Å². The van der Waals surface area contributed by atoms with Crippen molar-refractivity contribution >= 4 is 17.9 Å². The number of unbranched alkanes of at least 4 members (excludes halogenated alkanes) is 28. The Kier molecular flexibility index (Phi) is 40.8. The Morgan fingerprint density at radius 3 is 0.891 bits per heavy atom. The van der Waals surface area contributed by atoms with Gasteiger partial charge < -0.3 is 14.2 Å². The van der Waals surface area contributed by atoms with Crippen LogP contribution in [0.15, 0.2) is 0 Å². The molecule has 0 aliphatic heterocycles. The van der Waals surface area contributed by atoms with Crippen LogP contribution in [0.5, 0.6) is 0 Å². The van der Waals surface area contributed by atoms with Crippen molar-refractivity contribution in [3.8, 4) is 0 Å². The summed E-state index contributed by atoms with van der Waals surface area (Å²) >= 11 is 0. The summed E-state index contributed by atoms with van der Waals surface area (Å²) < 4.78 is 16.6. The fourth-order valence-electron chi connectivity index (χ4n) is 7.28. The second-order valence-electron chi connectivity index (χ2n) is 17.7. The highest BCUT2D eigenvalue weighted by molar-refractivity contribution is 5.71. The van der Waals surface area contributed by atoms with Crippen molar-refractivity contribution in [1.82, 2.24) is 0 Å². The molecule has 1 atom stereocenters. The van der Waals surface area contributed by atoms with E-state index < -0.39 is 6.10 Å². The molecule has 0 bridgehead atoms. The lowest BCUT2D eigenvalue weighted by molar-refractivity contribution is -0.167. The van der Waals surface area contributed by atoms with E-state index in [1.807, 2.05) is 0 Å². The van der Waals surface area contributed by atoms with E-state index in [4.69, 9.17) is 14.2 Å². The SMILES string of the molecule is CCCCCCCC(=O)OC[C@@H](COC(=O)CCCCCCCCCCCCCCCCCCC(C)C)OC(=O)CCCCCCCCCCCCC(C)C. The lowest BCUT2D eigenvalue weighted by Crippen LogP contribution is -2.30. The summed E-state index contributed by atoms with van der Waals surface area (Å²) in [5.41, 5.74) is 0.